The normalized spacial score (nSPS) is 16.9. The lowest BCUT2D eigenvalue weighted by Crippen LogP contribution is -2.39. The lowest BCUT2D eigenvalue weighted by atomic mass is 9.94. The molecule has 0 aromatic heterocycles. The minimum absolute atomic E-state index is 0.149. The maximum Gasteiger partial charge on any atom is 0.238 e. The summed E-state index contributed by atoms with van der Waals surface area (Å²) < 4.78 is 26.1. The molecule has 3 N–H and O–H groups in total. The second-order valence-corrected chi connectivity index (χ2v) is 5.50. The van der Waals surface area contributed by atoms with Crippen LogP contribution in [0.4, 0.5) is 14.5 Å². The number of hydrogen-bond donors (Lipinski definition) is 2. The largest absolute Gasteiger partial charge is 0.330 e. The van der Waals surface area contributed by atoms with E-state index in [2.05, 4.69) is 10.2 Å². The van der Waals surface area contributed by atoms with Gasteiger partial charge in [0.2, 0.25) is 5.91 Å². The lowest BCUT2D eigenvalue weighted by molar-refractivity contribution is -0.117. The first kappa shape index (κ1) is 15.9. The highest BCUT2D eigenvalue weighted by Crippen LogP contribution is 2.19. The standard InChI is InChI=1S/C15H21F2N3O/c16-12-7-13(17)9-14(8-12)19-15(21)10-20-5-2-11(1-4-18)3-6-20/h7-9,11H,1-6,10,18H2,(H,19,21). The smallest absolute Gasteiger partial charge is 0.238 e. The van der Waals surface area contributed by atoms with E-state index in [0.717, 1.165) is 50.6 Å². The Kier molecular flexibility index (Phi) is 5.64. The van der Waals surface area contributed by atoms with Crippen LogP contribution >= 0.6 is 0 Å². The van der Waals surface area contributed by atoms with Crippen molar-refractivity contribution < 1.29 is 13.6 Å². The average Bonchev–Trinajstić information content (AvgIpc) is 2.40. The summed E-state index contributed by atoms with van der Waals surface area (Å²) in [5.74, 6) is -1.01. The molecule has 6 heteroatoms. The number of piperidine rings is 1. The summed E-state index contributed by atoms with van der Waals surface area (Å²) in [6.07, 6.45) is 3.11. The van der Waals surface area contributed by atoms with Gasteiger partial charge in [-0.15, -0.1) is 0 Å². The third-order valence-corrected chi connectivity index (χ3v) is 3.80. The molecular formula is C15H21F2N3O. The average molecular weight is 297 g/mol. The van der Waals surface area contributed by atoms with Crippen molar-refractivity contribution in [2.24, 2.45) is 11.7 Å². The number of benzene rings is 1. The van der Waals surface area contributed by atoms with Crippen LogP contribution in [-0.2, 0) is 4.79 Å². The zero-order valence-corrected chi connectivity index (χ0v) is 11.9. The number of anilines is 1. The number of halogens is 2. The van der Waals surface area contributed by atoms with Crippen molar-refractivity contribution in [3.8, 4) is 0 Å². The molecule has 0 unspecified atom stereocenters. The number of amides is 1. The molecule has 0 bridgehead atoms. The summed E-state index contributed by atoms with van der Waals surface area (Å²) in [5.41, 5.74) is 5.69. The molecule has 0 saturated carbocycles. The summed E-state index contributed by atoms with van der Waals surface area (Å²) in [5, 5.41) is 2.53. The van der Waals surface area contributed by atoms with Gasteiger partial charge in [-0.1, -0.05) is 0 Å². The number of rotatable bonds is 5. The van der Waals surface area contributed by atoms with E-state index >= 15 is 0 Å². The highest BCUT2D eigenvalue weighted by molar-refractivity contribution is 5.92. The Hall–Kier alpha value is -1.53. The van der Waals surface area contributed by atoms with E-state index < -0.39 is 11.6 Å². The number of likely N-dealkylation sites (tertiary alicyclic amines) is 1. The first-order valence-corrected chi connectivity index (χ1v) is 7.25. The predicted molar refractivity (Wildman–Crippen MR) is 77.8 cm³/mol. The molecule has 4 nitrogen and oxygen atoms in total. The van der Waals surface area contributed by atoms with Crippen LogP contribution < -0.4 is 11.1 Å². The van der Waals surface area contributed by atoms with E-state index in [4.69, 9.17) is 5.73 Å². The van der Waals surface area contributed by atoms with Crippen LogP contribution in [-0.4, -0.2) is 37.0 Å². The number of nitrogens with one attached hydrogen (secondary N) is 1. The maximum atomic E-state index is 13.0. The number of nitrogens with two attached hydrogens (primary N) is 1. The van der Waals surface area contributed by atoms with E-state index in [1.165, 1.54) is 0 Å². The molecule has 1 aromatic rings. The lowest BCUT2D eigenvalue weighted by Gasteiger charge is -2.31. The van der Waals surface area contributed by atoms with Crippen LogP contribution in [0, 0.1) is 17.6 Å². The molecule has 0 aliphatic carbocycles. The second kappa shape index (κ2) is 7.47. The van der Waals surface area contributed by atoms with Crippen molar-refractivity contribution >= 4 is 11.6 Å². The Bertz CT molecular complexity index is 468. The molecule has 1 amide bonds. The number of carbonyl (C=O) groups excluding carboxylic acids is 1. The first-order chi connectivity index (χ1) is 10.1. The molecule has 116 valence electrons. The van der Waals surface area contributed by atoms with Gasteiger partial charge in [-0.2, -0.15) is 0 Å². The zero-order valence-electron chi connectivity index (χ0n) is 11.9. The van der Waals surface area contributed by atoms with Crippen LogP contribution in [0.2, 0.25) is 0 Å². The Morgan fingerprint density at radius 2 is 1.86 bits per heavy atom. The fourth-order valence-electron chi connectivity index (χ4n) is 2.70. The minimum Gasteiger partial charge on any atom is -0.330 e. The second-order valence-electron chi connectivity index (χ2n) is 5.50. The number of nitrogens with zero attached hydrogens (tertiary/aromatic N) is 1. The van der Waals surface area contributed by atoms with Gasteiger partial charge in [-0.05, 0) is 56.9 Å². The van der Waals surface area contributed by atoms with Crippen LogP contribution in [0.25, 0.3) is 0 Å². The molecule has 21 heavy (non-hydrogen) atoms. The van der Waals surface area contributed by atoms with Crippen molar-refractivity contribution in [3.63, 3.8) is 0 Å². The van der Waals surface area contributed by atoms with Gasteiger partial charge in [0.05, 0.1) is 6.54 Å². The molecule has 1 saturated heterocycles. The predicted octanol–water partition coefficient (Wildman–Crippen LogP) is 1.96. The van der Waals surface area contributed by atoms with Crippen LogP contribution in [0.1, 0.15) is 19.3 Å². The molecule has 1 heterocycles. The Morgan fingerprint density at radius 3 is 2.43 bits per heavy atom. The third-order valence-electron chi connectivity index (χ3n) is 3.80. The third kappa shape index (κ3) is 5.06. The number of hydrogen-bond acceptors (Lipinski definition) is 3. The molecule has 0 radical (unpaired) electrons. The summed E-state index contributed by atoms with van der Waals surface area (Å²) in [6.45, 7) is 2.66. The fourth-order valence-corrected chi connectivity index (χ4v) is 2.70. The summed E-state index contributed by atoms with van der Waals surface area (Å²) >= 11 is 0. The van der Waals surface area contributed by atoms with E-state index in [-0.39, 0.29) is 18.1 Å². The molecule has 0 spiro atoms. The van der Waals surface area contributed by atoms with E-state index in [9.17, 15) is 13.6 Å². The van der Waals surface area contributed by atoms with Gasteiger partial charge in [0, 0.05) is 11.8 Å². The zero-order chi connectivity index (χ0) is 15.2. The Labute approximate surface area is 123 Å². The molecule has 1 fully saturated rings. The minimum atomic E-state index is -0.701. The van der Waals surface area contributed by atoms with E-state index in [1.807, 2.05) is 0 Å². The van der Waals surface area contributed by atoms with Gasteiger partial charge in [0.25, 0.3) is 0 Å². The van der Waals surface area contributed by atoms with Gasteiger partial charge in [0.15, 0.2) is 0 Å². The fraction of sp³-hybridized carbons (Fsp3) is 0.533. The van der Waals surface area contributed by atoms with Crippen molar-refractivity contribution in [1.29, 1.82) is 0 Å². The van der Waals surface area contributed by atoms with Crippen molar-refractivity contribution in [2.75, 3.05) is 31.5 Å². The highest BCUT2D eigenvalue weighted by Gasteiger charge is 2.20. The van der Waals surface area contributed by atoms with Crippen LogP contribution in [0.5, 0.6) is 0 Å². The van der Waals surface area contributed by atoms with Gasteiger partial charge in [0.1, 0.15) is 11.6 Å². The summed E-state index contributed by atoms with van der Waals surface area (Å²) in [7, 11) is 0. The van der Waals surface area contributed by atoms with Gasteiger partial charge < -0.3 is 11.1 Å². The van der Waals surface area contributed by atoms with E-state index in [1.54, 1.807) is 0 Å². The summed E-state index contributed by atoms with van der Waals surface area (Å²) in [4.78, 5) is 13.9. The van der Waals surface area contributed by atoms with Crippen molar-refractivity contribution in [2.45, 2.75) is 19.3 Å². The topological polar surface area (TPSA) is 58.4 Å². The van der Waals surface area contributed by atoms with Crippen molar-refractivity contribution in [3.05, 3.63) is 29.8 Å². The summed E-state index contributed by atoms with van der Waals surface area (Å²) in [6, 6.07) is 2.99. The molecule has 0 atom stereocenters. The van der Waals surface area contributed by atoms with Gasteiger partial charge in [-0.25, -0.2) is 8.78 Å². The SMILES string of the molecule is NCCC1CCN(CC(=O)Nc2cc(F)cc(F)c2)CC1. The quantitative estimate of drug-likeness (QED) is 0.873. The molecular weight excluding hydrogens is 276 g/mol. The molecule has 1 aromatic carbocycles. The Balaban J connectivity index is 1.80. The maximum absolute atomic E-state index is 13.0. The van der Waals surface area contributed by atoms with Crippen LogP contribution in [0.3, 0.4) is 0 Å². The molecule has 1 aliphatic heterocycles. The highest BCUT2D eigenvalue weighted by atomic mass is 19.1. The monoisotopic (exact) mass is 297 g/mol. The van der Waals surface area contributed by atoms with Gasteiger partial charge >= 0.3 is 0 Å². The Morgan fingerprint density at radius 1 is 1.24 bits per heavy atom. The van der Waals surface area contributed by atoms with E-state index in [0.29, 0.717) is 12.5 Å². The number of carbonyl (C=O) groups is 1. The van der Waals surface area contributed by atoms with Gasteiger partial charge in [-0.3, -0.25) is 9.69 Å². The molecule has 1 aliphatic rings. The molecule has 2 rings (SSSR count). The van der Waals surface area contributed by atoms with Crippen LogP contribution in [0.15, 0.2) is 18.2 Å². The first-order valence-electron chi connectivity index (χ1n) is 7.25. The van der Waals surface area contributed by atoms with Crippen molar-refractivity contribution in [1.82, 2.24) is 4.90 Å².